The summed E-state index contributed by atoms with van der Waals surface area (Å²) in [5, 5.41) is 13.7. The van der Waals surface area contributed by atoms with Crippen LogP contribution in [0.25, 0.3) is 0 Å². The van der Waals surface area contributed by atoms with Gasteiger partial charge in [0.15, 0.2) is 0 Å². The van der Waals surface area contributed by atoms with Crippen LogP contribution < -0.4 is 5.32 Å². The minimum Gasteiger partial charge on any atom is -0.368 e. The monoisotopic (exact) mass is 335 g/mol. The SMILES string of the molecule is CCS(=O)CCNc1ncc([N+](=O)[O-])c(C)c1Br. The molecular formula is C10H14BrN3O3S. The molecule has 1 N–H and O–H groups in total. The highest BCUT2D eigenvalue weighted by atomic mass is 79.9. The van der Waals surface area contributed by atoms with Gasteiger partial charge in [0, 0.05) is 34.4 Å². The Labute approximate surface area is 116 Å². The van der Waals surface area contributed by atoms with Crippen LogP contribution in [0.1, 0.15) is 12.5 Å². The van der Waals surface area contributed by atoms with Crippen LogP contribution in [0.2, 0.25) is 0 Å². The standard InChI is InChI=1S/C10H14BrN3O3S/c1-3-18(17)5-4-12-10-9(11)7(2)8(6-13-10)14(15)16/h6H,3-5H2,1-2H3,(H,12,13). The number of halogens is 1. The Bertz CT molecular complexity index is 482. The number of nitrogens with one attached hydrogen (secondary N) is 1. The van der Waals surface area contributed by atoms with E-state index < -0.39 is 15.7 Å². The van der Waals surface area contributed by atoms with Crippen LogP contribution in [-0.2, 0) is 10.8 Å². The van der Waals surface area contributed by atoms with Gasteiger partial charge in [-0.15, -0.1) is 0 Å². The van der Waals surface area contributed by atoms with E-state index in [1.54, 1.807) is 6.92 Å². The summed E-state index contributed by atoms with van der Waals surface area (Å²) in [5.41, 5.74) is 0.499. The van der Waals surface area contributed by atoms with Crippen LogP contribution >= 0.6 is 15.9 Å². The zero-order chi connectivity index (χ0) is 13.7. The van der Waals surface area contributed by atoms with Crippen molar-refractivity contribution in [3.05, 3.63) is 26.3 Å². The van der Waals surface area contributed by atoms with Gasteiger partial charge in [-0.1, -0.05) is 6.92 Å². The van der Waals surface area contributed by atoms with E-state index in [0.29, 0.717) is 33.9 Å². The molecule has 100 valence electrons. The van der Waals surface area contributed by atoms with Crippen LogP contribution in [0.15, 0.2) is 10.7 Å². The molecule has 0 aliphatic carbocycles. The molecule has 1 rings (SSSR count). The van der Waals surface area contributed by atoms with Crippen LogP contribution in [0, 0.1) is 17.0 Å². The molecule has 0 bridgehead atoms. The van der Waals surface area contributed by atoms with Gasteiger partial charge in [-0.2, -0.15) is 0 Å². The minimum absolute atomic E-state index is 0.0236. The molecule has 0 radical (unpaired) electrons. The van der Waals surface area contributed by atoms with Gasteiger partial charge in [-0.3, -0.25) is 14.3 Å². The molecule has 0 aromatic carbocycles. The predicted molar refractivity (Wildman–Crippen MR) is 75.4 cm³/mol. The number of rotatable bonds is 6. The van der Waals surface area contributed by atoms with Gasteiger partial charge in [0.2, 0.25) is 0 Å². The Hall–Kier alpha value is -1.02. The maximum atomic E-state index is 11.2. The zero-order valence-corrected chi connectivity index (χ0v) is 12.5. The second-order valence-electron chi connectivity index (χ2n) is 3.55. The average molecular weight is 336 g/mol. The number of anilines is 1. The molecule has 0 saturated carbocycles. The Morgan fingerprint density at radius 3 is 2.83 bits per heavy atom. The molecule has 18 heavy (non-hydrogen) atoms. The molecule has 1 atom stereocenters. The Balaban J connectivity index is 2.77. The van der Waals surface area contributed by atoms with Crippen molar-refractivity contribution in [2.75, 3.05) is 23.4 Å². The van der Waals surface area contributed by atoms with E-state index in [9.17, 15) is 14.3 Å². The third kappa shape index (κ3) is 3.74. The highest BCUT2D eigenvalue weighted by Gasteiger charge is 2.16. The summed E-state index contributed by atoms with van der Waals surface area (Å²) in [4.78, 5) is 14.2. The highest BCUT2D eigenvalue weighted by Crippen LogP contribution is 2.30. The van der Waals surface area contributed by atoms with Gasteiger partial charge >= 0.3 is 0 Å². The lowest BCUT2D eigenvalue weighted by Gasteiger charge is -2.09. The molecule has 0 aliphatic heterocycles. The van der Waals surface area contributed by atoms with E-state index in [-0.39, 0.29) is 5.69 Å². The zero-order valence-electron chi connectivity index (χ0n) is 10.1. The first-order valence-electron chi connectivity index (χ1n) is 5.35. The molecular weight excluding hydrogens is 322 g/mol. The van der Waals surface area contributed by atoms with Crippen molar-refractivity contribution >= 4 is 38.2 Å². The van der Waals surface area contributed by atoms with Crippen LogP contribution in [0.3, 0.4) is 0 Å². The number of nitrogens with zero attached hydrogens (tertiary/aromatic N) is 2. The summed E-state index contributed by atoms with van der Waals surface area (Å²) in [6.45, 7) is 4.03. The molecule has 1 unspecified atom stereocenters. The van der Waals surface area contributed by atoms with Crippen molar-refractivity contribution in [2.24, 2.45) is 0 Å². The number of hydrogen-bond acceptors (Lipinski definition) is 5. The van der Waals surface area contributed by atoms with Crippen LogP contribution in [-0.4, -0.2) is 32.2 Å². The van der Waals surface area contributed by atoms with Crippen LogP contribution in [0.5, 0.6) is 0 Å². The number of aromatic nitrogens is 1. The topological polar surface area (TPSA) is 85.1 Å². The molecule has 0 spiro atoms. The Morgan fingerprint density at radius 1 is 1.61 bits per heavy atom. The highest BCUT2D eigenvalue weighted by molar-refractivity contribution is 9.10. The first kappa shape index (κ1) is 15.0. The molecule has 1 aromatic heterocycles. The smallest absolute Gasteiger partial charge is 0.291 e. The van der Waals surface area contributed by atoms with E-state index in [1.807, 2.05) is 6.92 Å². The Morgan fingerprint density at radius 2 is 2.28 bits per heavy atom. The van der Waals surface area contributed by atoms with E-state index in [2.05, 4.69) is 26.2 Å². The predicted octanol–water partition coefficient (Wildman–Crippen LogP) is 2.24. The molecule has 8 heteroatoms. The maximum Gasteiger partial charge on any atom is 0.291 e. The minimum atomic E-state index is -0.838. The molecule has 1 heterocycles. The number of hydrogen-bond donors (Lipinski definition) is 1. The molecule has 0 amide bonds. The van der Waals surface area contributed by atoms with Gasteiger partial charge in [0.25, 0.3) is 5.69 Å². The first-order chi connectivity index (χ1) is 8.47. The fourth-order valence-corrected chi connectivity index (χ4v) is 2.37. The quantitative estimate of drug-likeness (QED) is 0.636. The van der Waals surface area contributed by atoms with Crippen molar-refractivity contribution < 1.29 is 9.13 Å². The molecule has 1 aromatic rings. The Kier molecular flexibility index (Phi) is 5.67. The van der Waals surface area contributed by atoms with Crippen molar-refractivity contribution in [3.8, 4) is 0 Å². The van der Waals surface area contributed by atoms with Crippen LogP contribution in [0.4, 0.5) is 11.5 Å². The fraction of sp³-hybridized carbons (Fsp3) is 0.500. The van der Waals surface area contributed by atoms with E-state index in [0.717, 1.165) is 0 Å². The lowest BCUT2D eigenvalue weighted by Crippen LogP contribution is -2.13. The molecule has 0 fully saturated rings. The second kappa shape index (κ2) is 6.79. The van der Waals surface area contributed by atoms with E-state index in [1.165, 1.54) is 6.20 Å². The summed E-state index contributed by atoms with van der Waals surface area (Å²) in [5.74, 6) is 1.68. The van der Waals surface area contributed by atoms with Gasteiger partial charge in [-0.25, -0.2) is 4.98 Å². The van der Waals surface area contributed by atoms with Gasteiger partial charge in [-0.05, 0) is 22.9 Å². The summed E-state index contributed by atoms with van der Waals surface area (Å²) in [6.07, 6.45) is 1.22. The summed E-state index contributed by atoms with van der Waals surface area (Å²) in [7, 11) is -0.838. The lowest BCUT2D eigenvalue weighted by atomic mass is 10.2. The third-order valence-electron chi connectivity index (χ3n) is 2.38. The first-order valence-corrected chi connectivity index (χ1v) is 7.63. The van der Waals surface area contributed by atoms with Crippen molar-refractivity contribution in [1.29, 1.82) is 0 Å². The summed E-state index contributed by atoms with van der Waals surface area (Å²) in [6, 6.07) is 0. The van der Waals surface area contributed by atoms with Gasteiger partial charge in [0.05, 0.1) is 9.40 Å². The number of pyridine rings is 1. The fourth-order valence-electron chi connectivity index (χ4n) is 1.30. The van der Waals surface area contributed by atoms with E-state index >= 15 is 0 Å². The van der Waals surface area contributed by atoms with Gasteiger partial charge < -0.3 is 5.32 Å². The van der Waals surface area contributed by atoms with Gasteiger partial charge in [0.1, 0.15) is 12.0 Å². The summed E-state index contributed by atoms with van der Waals surface area (Å²) < 4.78 is 11.8. The summed E-state index contributed by atoms with van der Waals surface area (Å²) >= 11 is 3.28. The van der Waals surface area contributed by atoms with E-state index in [4.69, 9.17) is 0 Å². The molecule has 0 saturated heterocycles. The molecule has 0 aliphatic rings. The second-order valence-corrected chi connectivity index (χ2v) is 6.21. The lowest BCUT2D eigenvalue weighted by molar-refractivity contribution is -0.385. The average Bonchev–Trinajstić information content (AvgIpc) is 2.33. The largest absolute Gasteiger partial charge is 0.368 e. The van der Waals surface area contributed by atoms with Crippen molar-refractivity contribution in [3.63, 3.8) is 0 Å². The van der Waals surface area contributed by atoms with Crippen molar-refractivity contribution in [2.45, 2.75) is 13.8 Å². The third-order valence-corrected chi connectivity index (χ3v) is 4.65. The normalized spacial score (nSPS) is 12.2. The molecule has 6 nitrogen and oxygen atoms in total. The van der Waals surface area contributed by atoms with Crippen molar-refractivity contribution in [1.82, 2.24) is 4.98 Å². The number of nitro groups is 1. The maximum absolute atomic E-state index is 11.2.